The third kappa shape index (κ3) is 3.24. The lowest BCUT2D eigenvalue weighted by Crippen LogP contribution is -2.32. The van der Waals surface area contributed by atoms with Crippen LogP contribution in [0.1, 0.15) is 56.9 Å². The molecule has 2 aliphatic rings. The van der Waals surface area contributed by atoms with E-state index in [2.05, 4.69) is 42.6 Å². The predicted octanol–water partition coefficient (Wildman–Crippen LogP) is 3.87. The van der Waals surface area contributed by atoms with Crippen molar-refractivity contribution in [2.45, 2.75) is 63.1 Å². The van der Waals surface area contributed by atoms with E-state index in [1.165, 1.54) is 44.1 Å². The minimum Gasteiger partial charge on any atom is -0.370 e. The van der Waals surface area contributed by atoms with Gasteiger partial charge in [0, 0.05) is 13.1 Å². The van der Waals surface area contributed by atoms with E-state index in [0.29, 0.717) is 12.0 Å². The zero-order chi connectivity index (χ0) is 13.8. The summed E-state index contributed by atoms with van der Waals surface area (Å²) in [6, 6.07) is 10.8. The standard InChI is InChI=1S/C18H27NO/c1-15(16-7-3-2-4-8-16)13-19-14-17-9-12-18(20-17)10-5-6-11-18/h2-4,7-8,15,17,19H,5-6,9-14H2,1H3. The smallest absolute Gasteiger partial charge is 0.0708 e. The van der Waals surface area contributed by atoms with Crippen LogP contribution in [0, 0.1) is 0 Å². The van der Waals surface area contributed by atoms with E-state index in [1.54, 1.807) is 0 Å². The van der Waals surface area contributed by atoms with Crippen molar-refractivity contribution in [2.24, 2.45) is 0 Å². The Labute approximate surface area is 122 Å². The van der Waals surface area contributed by atoms with Crippen LogP contribution >= 0.6 is 0 Å². The lowest BCUT2D eigenvalue weighted by atomic mass is 9.98. The van der Waals surface area contributed by atoms with Gasteiger partial charge < -0.3 is 10.1 Å². The van der Waals surface area contributed by atoms with Gasteiger partial charge in [0.1, 0.15) is 0 Å². The van der Waals surface area contributed by atoms with Gasteiger partial charge in [-0.05, 0) is 37.2 Å². The molecule has 1 N–H and O–H groups in total. The molecule has 2 atom stereocenters. The van der Waals surface area contributed by atoms with Gasteiger partial charge in [0.05, 0.1) is 11.7 Å². The van der Waals surface area contributed by atoms with Crippen LogP contribution in [0.15, 0.2) is 30.3 Å². The fraction of sp³-hybridized carbons (Fsp3) is 0.667. The fourth-order valence-corrected chi connectivity index (χ4v) is 3.79. The molecule has 1 heterocycles. The summed E-state index contributed by atoms with van der Waals surface area (Å²) in [5, 5.41) is 3.61. The molecule has 0 radical (unpaired) electrons. The van der Waals surface area contributed by atoms with Crippen LogP contribution in [-0.2, 0) is 4.74 Å². The SMILES string of the molecule is CC(CNCC1CCC2(CCCC2)O1)c1ccccc1. The molecule has 2 unspecified atom stereocenters. The van der Waals surface area contributed by atoms with Crippen molar-refractivity contribution in [3.63, 3.8) is 0 Å². The largest absolute Gasteiger partial charge is 0.370 e. The summed E-state index contributed by atoms with van der Waals surface area (Å²) in [5.74, 6) is 0.568. The Morgan fingerprint density at radius 2 is 1.95 bits per heavy atom. The zero-order valence-corrected chi connectivity index (χ0v) is 12.6. The Morgan fingerprint density at radius 1 is 1.20 bits per heavy atom. The van der Waals surface area contributed by atoms with Gasteiger partial charge in [-0.3, -0.25) is 0 Å². The Balaban J connectivity index is 1.40. The molecular formula is C18H27NO. The Morgan fingerprint density at radius 3 is 2.70 bits per heavy atom. The molecular weight excluding hydrogens is 246 g/mol. The molecule has 1 aromatic carbocycles. The van der Waals surface area contributed by atoms with Gasteiger partial charge in [-0.2, -0.15) is 0 Å². The summed E-state index contributed by atoms with van der Waals surface area (Å²) in [5.41, 5.74) is 1.69. The van der Waals surface area contributed by atoms with Crippen molar-refractivity contribution < 1.29 is 4.74 Å². The van der Waals surface area contributed by atoms with Gasteiger partial charge >= 0.3 is 0 Å². The average molecular weight is 273 g/mol. The lowest BCUT2D eigenvalue weighted by Gasteiger charge is -2.24. The van der Waals surface area contributed by atoms with Gasteiger partial charge in [-0.15, -0.1) is 0 Å². The van der Waals surface area contributed by atoms with Gasteiger partial charge in [-0.1, -0.05) is 50.1 Å². The quantitative estimate of drug-likeness (QED) is 0.879. The molecule has 1 saturated heterocycles. The summed E-state index contributed by atoms with van der Waals surface area (Å²) < 4.78 is 6.33. The Bertz CT molecular complexity index is 411. The molecule has 1 saturated carbocycles. The molecule has 2 nitrogen and oxygen atoms in total. The van der Waals surface area contributed by atoms with Crippen LogP contribution in [-0.4, -0.2) is 24.8 Å². The van der Waals surface area contributed by atoms with E-state index in [0.717, 1.165) is 13.1 Å². The topological polar surface area (TPSA) is 21.3 Å². The van der Waals surface area contributed by atoms with Gasteiger partial charge in [0.25, 0.3) is 0 Å². The molecule has 2 fully saturated rings. The van der Waals surface area contributed by atoms with Crippen LogP contribution in [0.2, 0.25) is 0 Å². The second-order valence-corrected chi connectivity index (χ2v) is 6.64. The first kappa shape index (κ1) is 14.1. The van der Waals surface area contributed by atoms with Crippen LogP contribution in [0.3, 0.4) is 0 Å². The van der Waals surface area contributed by atoms with E-state index in [4.69, 9.17) is 4.74 Å². The first-order valence-electron chi connectivity index (χ1n) is 8.21. The second kappa shape index (κ2) is 6.28. The Kier molecular flexibility index (Phi) is 4.42. The number of ether oxygens (including phenoxy) is 1. The fourth-order valence-electron chi connectivity index (χ4n) is 3.79. The normalized spacial score (nSPS) is 26.1. The molecule has 0 bridgehead atoms. The highest BCUT2D eigenvalue weighted by Gasteiger charge is 2.41. The van der Waals surface area contributed by atoms with Gasteiger partial charge in [0.2, 0.25) is 0 Å². The summed E-state index contributed by atoms with van der Waals surface area (Å²) in [6.07, 6.45) is 8.29. The number of rotatable bonds is 5. The van der Waals surface area contributed by atoms with Gasteiger partial charge in [-0.25, -0.2) is 0 Å². The Hall–Kier alpha value is -0.860. The molecule has 3 rings (SSSR count). The van der Waals surface area contributed by atoms with Crippen LogP contribution in [0.5, 0.6) is 0 Å². The van der Waals surface area contributed by atoms with Crippen molar-refractivity contribution in [1.29, 1.82) is 0 Å². The molecule has 0 amide bonds. The summed E-state index contributed by atoms with van der Waals surface area (Å²) in [7, 11) is 0. The first-order chi connectivity index (χ1) is 9.77. The molecule has 1 aliphatic heterocycles. The van der Waals surface area contributed by atoms with Crippen molar-refractivity contribution in [1.82, 2.24) is 5.32 Å². The molecule has 2 heteroatoms. The predicted molar refractivity (Wildman–Crippen MR) is 83.0 cm³/mol. The highest BCUT2D eigenvalue weighted by molar-refractivity contribution is 5.18. The maximum Gasteiger partial charge on any atom is 0.0708 e. The van der Waals surface area contributed by atoms with Crippen LogP contribution in [0.25, 0.3) is 0 Å². The number of nitrogens with one attached hydrogen (secondary N) is 1. The minimum absolute atomic E-state index is 0.275. The average Bonchev–Trinajstić information content (AvgIpc) is 3.10. The maximum atomic E-state index is 6.33. The maximum absolute atomic E-state index is 6.33. The highest BCUT2D eigenvalue weighted by Crippen LogP contribution is 2.43. The monoisotopic (exact) mass is 273 g/mol. The van der Waals surface area contributed by atoms with E-state index in [9.17, 15) is 0 Å². The van der Waals surface area contributed by atoms with E-state index >= 15 is 0 Å². The molecule has 110 valence electrons. The number of hydrogen-bond donors (Lipinski definition) is 1. The third-order valence-corrected chi connectivity index (χ3v) is 5.04. The molecule has 20 heavy (non-hydrogen) atoms. The summed E-state index contributed by atoms with van der Waals surface area (Å²) >= 11 is 0. The van der Waals surface area contributed by atoms with Crippen molar-refractivity contribution in [2.75, 3.05) is 13.1 Å². The van der Waals surface area contributed by atoms with E-state index < -0.39 is 0 Å². The summed E-state index contributed by atoms with van der Waals surface area (Å²) in [6.45, 7) is 4.34. The second-order valence-electron chi connectivity index (χ2n) is 6.64. The molecule has 1 spiro atoms. The van der Waals surface area contributed by atoms with Crippen LogP contribution in [0.4, 0.5) is 0 Å². The highest BCUT2D eigenvalue weighted by atomic mass is 16.5. The summed E-state index contributed by atoms with van der Waals surface area (Å²) in [4.78, 5) is 0. The number of hydrogen-bond acceptors (Lipinski definition) is 2. The molecule has 0 aromatic heterocycles. The lowest BCUT2D eigenvalue weighted by molar-refractivity contribution is -0.0350. The minimum atomic E-state index is 0.275. The van der Waals surface area contributed by atoms with Gasteiger partial charge in [0.15, 0.2) is 0 Å². The van der Waals surface area contributed by atoms with Crippen molar-refractivity contribution in [3.05, 3.63) is 35.9 Å². The number of benzene rings is 1. The van der Waals surface area contributed by atoms with Crippen molar-refractivity contribution in [3.8, 4) is 0 Å². The zero-order valence-electron chi connectivity index (χ0n) is 12.6. The molecule has 1 aliphatic carbocycles. The van der Waals surface area contributed by atoms with Crippen LogP contribution < -0.4 is 5.32 Å². The first-order valence-corrected chi connectivity index (χ1v) is 8.21. The van der Waals surface area contributed by atoms with Crippen molar-refractivity contribution >= 4 is 0 Å². The molecule has 1 aromatic rings. The van der Waals surface area contributed by atoms with E-state index in [1.807, 2.05) is 0 Å². The third-order valence-electron chi connectivity index (χ3n) is 5.04. The van der Waals surface area contributed by atoms with E-state index in [-0.39, 0.29) is 5.60 Å².